The summed E-state index contributed by atoms with van der Waals surface area (Å²) in [5.74, 6) is -1.25. The van der Waals surface area contributed by atoms with Crippen molar-refractivity contribution in [3.05, 3.63) is 30.3 Å². The number of carbonyl (C=O) groups excluding carboxylic acids is 2. The molecule has 8 atom stereocenters. The summed E-state index contributed by atoms with van der Waals surface area (Å²) in [6.45, 7) is 7.86. The van der Waals surface area contributed by atoms with Gasteiger partial charge in [0.15, 0.2) is 0 Å². The molecule has 2 aliphatic heterocycles. The van der Waals surface area contributed by atoms with Gasteiger partial charge in [0.2, 0.25) is 0 Å². The zero-order valence-electron chi connectivity index (χ0n) is 22.3. The lowest BCUT2D eigenvalue weighted by Crippen LogP contribution is -2.59. The predicted molar refractivity (Wildman–Crippen MR) is 148 cm³/mol. The minimum atomic E-state index is -1.44. The van der Waals surface area contributed by atoms with Gasteiger partial charge in [-0.3, -0.25) is 4.79 Å². The van der Waals surface area contributed by atoms with Crippen molar-refractivity contribution in [2.45, 2.75) is 74.6 Å². The van der Waals surface area contributed by atoms with Crippen molar-refractivity contribution in [1.29, 1.82) is 0 Å². The molecule has 3 rings (SSSR count). The predicted octanol–water partition coefficient (Wildman–Crippen LogP) is 2.12. The first kappa shape index (κ1) is 30.6. The van der Waals surface area contributed by atoms with Gasteiger partial charge < -0.3 is 34.6 Å². The highest BCUT2D eigenvalue weighted by molar-refractivity contribution is 7.99. The Labute approximate surface area is 232 Å². The highest BCUT2D eigenvalue weighted by atomic mass is 35.5. The molecule has 2 heterocycles. The zero-order valence-corrected chi connectivity index (χ0v) is 23.9. The average Bonchev–Trinajstić information content (AvgIpc) is 2.87. The monoisotopic (exact) mass is 571 g/mol. The minimum Gasteiger partial charge on any atom is -0.444 e. The largest absolute Gasteiger partial charge is 0.444 e. The number of aliphatic hydroxyl groups is 3. The summed E-state index contributed by atoms with van der Waals surface area (Å²) >= 11 is 7.60. The van der Waals surface area contributed by atoms with E-state index in [4.69, 9.17) is 21.1 Å². The normalized spacial score (nSPS) is 30.2. The number of para-hydroxylation sites is 1. The Kier molecular flexibility index (Phi) is 10.5. The van der Waals surface area contributed by atoms with Crippen LogP contribution in [-0.4, -0.2) is 111 Å². The number of piperazine rings is 1. The Hall–Kier alpha value is -1.89. The van der Waals surface area contributed by atoms with Crippen molar-refractivity contribution in [2.75, 3.05) is 30.8 Å². The maximum absolute atomic E-state index is 13.5. The lowest BCUT2D eigenvalue weighted by Gasteiger charge is -2.43. The Morgan fingerprint density at radius 2 is 1.82 bits per heavy atom. The van der Waals surface area contributed by atoms with E-state index in [0.717, 1.165) is 5.69 Å². The molecular formula is C26H38ClN3O7S. The summed E-state index contributed by atoms with van der Waals surface area (Å²) < 4.78 is 11.4. The van der Waals surface area contributed by atoms with Crippen LogP contribution in [0.4, 0.5) is 10.5 Å². The molecule has 0 spiro atoms. The molecule has 12 heteroatoms. The van der Waals surface area contributed by atoms with Crippen molar-refractivity contribution >= 4 is 47.3 Å². The van der Waals surface area contributed by atoms with Crippen LogP contribution in [0.15, 0.2) is 35.3 Å². The van der Waals surface area contributed by atoms with E-state index in [1.807, 2.05) is 35.2 Å². The lowest BCUT2D eigenvalue weighted by molar-refractivity contribution is -0.204. The van der Waals surface area contributed by atoms with E-state index >= 15 is 0 Å². The topological polar surface area (TPSA) is 132 Å². The Morgan fingerprint density at radius 3 is 2.39 bits per heavy atom. The molecule has 0 radical (unpaired) electrons. The molecule has 10 nitrogen and oxygen atoms in total. The van der Waals surface area contributed by atoms with E-state index in [-0.39, 0.29) is 6.54 Å². The summed E-state index contributed by atoms with van der Waals surface area (Å²) in [4.78, 5) is 33.9. The van der Waals surface area contributed by atoms with Crippen LogP contribution in [0.3, 0.4) is 0 Å². The van der Waals surface area contributed by atoms with Crippen LogP contribution < -0.4 is 4.90 Å². The number of rotatable bonds is 6. The third-order valence-electron chi connectivity index (χ3n) is 6.53. The van der Waals surface area contributed by atoms with Gasteiger partial charge in [-0.25, -0.2) is 9.79 Å². The van der Waals surface area contributed by atoms with Crippen LogP contribution in [0, 0.1) is 5.92 Å². The first-order chi connectivity index (χ1) is 17.8. The van der Waals surface area contributed by atoms with Crippen LogP contribution in [0.5, 0.6) is 0 Å². The molecule has 2 amide bonds. The minimum absolute atomic E-state index is 0.0725. The standard InChI is InChI=1S/C26H38ClN3O7S/c1-15(27)17(22-20(32)19(31)21(33)24(36-22)38-5)13-28-23(34)18-14-29(25(35)37-26(2,3)4)11-12-30(18)16-9-7-6-8-10-16/h6-10,13,15,17-22,24,31-33H,11-12,14H2,1-5H3. The number of ether oxygens (including phenoxy) is 2. The molecule has 3 N–H and O–H groups in total. The molecule has 2 fully saturated rings. The Bertz CT molecular complexity index is 975. The molecule has 2 aliphatic rings. The summed E-state index contributed by atoms with van der Waals surface area (Å²) in [6, 6.07) is 8.61. The van der Waals surface area contributed by atoms with E-state index in [0.29, 0.717) is 13.1 Å². The first-order valence-corrected chi connectivity index (χ1v) is 14.3. The van der Waals surface area contributed by atoms with Gasteiger partial charge in [0, 0.05) is 36.3 Å². The fraction of sp³-hybridized carbons (Fsp3) is 0.654. The number of thioether (sulfide) groups is 1. The van der Waals surface area contributed by atoms with Crippen LogP contribution in [-0.2, 0) is 14.3 Å². The number of aliphatic imine (C=N–C) groups is 1. The van der Waals surface area contributed by atoms with Crippen molar-refractivity contribution in [3.63, 3.8) is 0 Å². The molecule has 212 valence electrons. The number of hydrogen-bond acceptors (Lipinski definition) is 9. The summed E-state index contributed by atoms with van der Waals surface area (Å²) in [5, 5.41) is 30.5. The molecule has 0 aliphatic carbocycles. The third kappa shape index (κ3) is 7.40. The van der Waals surface area contributed by atoms with Gasteiger partial charge in [-0.15, -0.1) is 23.4 Å². The second kappa shape index (κ2) is 13.0. The van der Waals surface area contributed by atoms with Crippen LogP contribution in [0.25, 0.3) is 0 Å². The van der Waals surface area contributed by atoms with Crippen LogP contribution in [0.2, 0.25) is 0 Å². The van der Waals surface area contributed by atoms with E-state index in [9.17, 15) is 24.9 Å². The number of benzene rings is 1. The summed E-state index contributed by atoms with van der Waals surface area (Å²) in [7, 11) is 0. The van der Waals surface area contributed by atoms with Crippen LogP contribution in [0.1, 0.15) is 27.7 Å². The summed E-state index contributed by atoms with van der Waals surface area (Å²) in [6.07, 6.45) is -2.60. The second-order valence-corrected chi connectivity index (χ2v) is 12.1. The SMILES string of the molecule is CSC1OC(C(C=NC(=O)C2CN(C(=O)OC(C)(C)C)CCN2c2ccccc2)C(C)Cl)C(O)C(O)C1O. The van der Waals surface area contributed by atoms with E-state index in [1.54, 1.807) is 34.0 Å². The smallest absolute Gasteiger partial charge is 0.410 e. The zero-order chi connectivity index (χ0) is 28.2. The fourth-order valence-corrected chi connectivity index (χ4v) is 5.40. The van der Waals surface area contributed by atoms with E-state index in [1.165, 1.54) is 22.9 Å². The molecule has 2 saturated heterocycles. The highest BCUT2D eigenvalue weighted by Crippen LogP contribution is 2.32. The number of nitrogens with zero attached hydrogens (tertiary/aromatic N) is 3. The maximum atomic E-state index is 13.5. The van der Waals surface area contributed by atoms with Gasteiger partial charge >= 0.3 is 6.09 Å². The average molecular weight is 572 g/mol. The molecular weight excluding hydrogens is 534 g/mol. The van der Waals surface area contributed by atoms with Gasteiger partial charge in [-0.2, -0.15) is 0 Å². The Morgan fingerprint density at radius 1 is 1.16 bits per heavy atom. The molecule has 38 heavy (non-hydrogen) atoms. The first-order valence-electron chi connectivity index (χ1n) is 12.6. The molecule has 8 unspecified atom stereocenters. The second-order valence-electron chi connectivity index (χ2n) is 10.5. The highest BCUT2D eigenvalue weighted by Gasteiger charge is 2.47. The van der Waals surface area contributed by atoms with Crippen LogP contribution >= 0.6 is 23.4 Å². The van der Waals surface area contributed by atoms with Gasteiger partial charge in [-0.1, -0.05) is 18.2 Å². The number of carbonyl (C=O) groups is 2. The van der Waals surface area contributed by atoms with Gasteiger partial charge in [0.25, 0.3) is 5.91 Å². The molecule has 0 saturated carbocycles. The fourth-order valence-electron chi connectivity index (χ4n) is 4.51. The van der Waals surface area contributed by atoms with Crippen molar-refractivity contribution < 1.29 is 34.4 Å². The van der Waals surface area contributed by atoms with Gasteiger partial charge in [0.05, 0.1) is 12.6 Å². The van der Waals surface area contributed by atoms with Gasteiger partial charge in [-0.05, 0) is 46.1 Å². The number of amides is 2. The van der Waals surface area contributed by atoms with E-state index in [2.05, 4.69) is 4.99 Å². The number of alkyl halides is 1. The molecule has 0 bridgehead atoms. The molecule has 1 aromatic rings. The van der Waals surface area contributed by atoms with E-state index < -0.39 is 64.8 Å². The number of halogens is 1. The lowest BCUT2D eigenvalue weighted by atomic mass is 9.89. The third-order valence-corrected chi connectivity index (χ3v) is 7.67. The van der Waals surface area contributed by atoms with Gasteiger partial charge in [0.1, 0.15) is 35.4 Å². The van der Waals surface area contributed by atoms with Crippen molar-refractivity contribution in [3.8, 4) is 0 Å². The number of aliphatic hydroxyl groups excluding tert-OH is 3. The van der Waals surface area contributed by atoms with Crippen molar-refractivity contribution in [2.24, 2.45) is 10.9 Å². The Balaban J connectivity index is 1.85. The molecule has 1 aromatic carbocycles. The number of hydrogen-bond donors (Lipinski definition) is 3. The number of anilines is 1. The summed E-state index contributed by atoms with van der Waals surface area (Å²) in [5.41, 5.74) is -0.643. The molecule has 0 aromatic heterocycles. The quantitative estimate of drug-likeness (QED) is 0.347. The van der Waals surface area contributed by atoms with Crippen molar-refractivity contribution in [1.82, 2.24) is 4.90 Å². The maximum Gasteiger partial charge on any atom is 0.410 e.